The van der Waals surface area contributed by atoms with Crippen LogP contribution < -0.4 is 5.32 Å². The Kier molecular flexibility index (Phi) is 5.47. The van der Waals surface area contributed by atoms with Crippen molar-refractivity contribution in [3.05, 3.63) is 28.8 Å². The third-order valence-electron chi connectivity index (χ3n) is 2.43. The second-order valence-electron chi connectivity index (χ2n) is 3.97. The number of hydrogen-bond acceptors (Lipinski definition) is 2. The van der Waals surface area contributed by atoms with E-state index in [4.69, 9.17) is 16.7 Å². The lowest BCUT2D eigenvalue weighted by molar-refractivity contribution is -0.138. The topological polar surface area (TPSA) is 49.3 Å². The van der Waals surface area contributed by atoms with E-state index in [1.165, 1.54) is 6.07 Å². The zero-order chi connectivity index (χ0) is 14.5. The van der Waals surface area contributed by atoms with Gasteiger partial charge < -0.3 is 10.4 Å². The third-order valence-corrected chi connectivity index (χ3v) is 2.74. The molecule has 0 amide bonds. The lowest BCUT2D eigenvalue weighted by Gasteiger charge is -2.11. The highest BCUT2D eigenvalue weighted by Crippen LogP contribution is 2.33. The lowest BCUT2D eigenvalue weighted by Crippen LogP contribution is -2.07. The Balaban J connectivity index is 2.49. The summed E-state index contributed by atoms with van der Waals surface area (Å²) in [6.45, 7) is 0.457. The predicted molar refractivity (Wildman–Crippen MR) is 66.4 cm³/mol. The van der Waals surface area contributed by atoms with Crippen LogP contribution in [0.5, 0.6) is 0 Å². The fourth-order valence-corrected chi connectivity index (χ4v) is 1.71. The highest BCUT2D eigenvalue weighted by Gasteiger charge is 2.30. The summed E-state index contributed by atoms with van der Waals surface area (Å²) < 4.78 is 37.2. The van der Waals surface area contributed by atoms with Crippen LogP contribution in [-0.2, 0) is 11.0 Å². The highest BCUT2D eigenvalue weighted by atomic mass is 35.5. The Morgan fingerprint density at radius 1 is 1.32 bits per heavy atom. The van der Waals surface area contributed by atoms with Gasteiger partial charge in [-0.1, -0.05) is 11.6 Å². The SMILES string of the molecule is O=C(O)CCCCNc1ccc(C(F)(F)F)cc1Cl. The first-order valence-corrected chi connectivity index (χ1v) is 6.01. The fraction of sp³-hybridized carbons (Fsp3) is 0.417. The summed E-state index contributed by atoms with van der Waals surface area (Å²) in [5.41, 5.74) is -0.390. The number of unbranched alkanes of at least 4 members (excludes halogenated alkanes) is 1. The number of alkyl halides is 3. The van der Waals surface area contributed by atoms with Gasteiger partial charge in [-0.25, -0.2) is 0 Å². The van der Waals surface area contributed by atoms with Crippen LogP contribution in [0.1, 0.15) is 24.8 Å². The van der Waals surface area contributed by atoms with Gasteiger partial charge in [0.2, 0.25) is 0 Å². The molecule has 1 aromatic rings. The largest absolute Gasteiger partial charge is 0.481 e. The van der Waals surface area contributed by atoms with Crippen molar-refractivity contribution in [1.29, 1.82) is 0 Å². The number of carboxylic acids is 1. The maximum absolute atomic E-state index is 12.4. The normalized spacial score (nSPS) is 11.4. The van der Waals surface area contributed by atoms with E-state index in [9.17, 15) is 18.0 Å². The van der Waals surface area contributed by atoms with E-state index < -0.39 is 17.7 Å². The van der Waals surface area contributed by atoms with E-state index in [0.29, 0.717) is 25.1 Å². The van der Waals surface area contributed by atoms with Crippen molar-refractivity contribution in [2.45, 2.75) is 25.4 Å². The van der Waals surface area contributed by atoms with Gasteiger partial charge in [0.05, 0.1) is 16.3 Å². The van der Waals surface area contributed by atoms with Gasteiger partial charge >= 0.3 is 12.1 Å². The Hall–Kier alpha value is -1.43. The predicted octanol–water partition coefficient (Wildman–Crippen LogP) is 4.03. The van der Waals surface area contributed by atoms with Crippen LogP contribution in [-0.4, -0.2) is 17.6 Å². The number of aliphatic carboxylic acids is 1. The first kappa shape index (κ1) is 15.6. The molecule has 0 bridgehead atoms. The second kappa shape index (κ2) is 6.65. The molecular weight excluding hydrogens is 283 g/mol. The van der Waals surface area contributed by atoms with Gasteiger partial charge in [-0.2, -0.15) is 13.2 Å². The average molecular weight is 296 g/mol. The molecule has 0 aliphatic heterocycles. The van der Waals surface area contributed by atoms with Crippen LogP contribution in [0.15, 0.2) is 18.2 Å². The number of rotatable bonds is 6. The molecule has 1 aromatic carbocycles. The van der Waals surface area contributed by atoms with Gasteiger partial charge in [-0.05, 0) is 31.0 Å². The highest BCUT2D eigenvalue weighted by molar-refractivity contribution is 6.33. The molecule has 106 valence electrons. The van der Waals surface area contributed by atoms with Gasteiger partial charge in [0.25, 0.3) is 0 Å². The van der Waals surface area contributed by atoms with E-state index in [1.807, 2.05) is 0 Å². The molecule has 0 saturated heterocycles. The number of benzene rings is 1. The zero-order valence-corrected chi connectivity index (χ0v) is 10.7. The van der Waals surface area contributed by atoms with Crippen molar-refractivity contribution in [2.75, 3.05) is 11.9 Å². The van der Waals surface area contributed by atoms with Gasteiger partial charge in [0.15, 0.2) is 0 Å². The molecule has 0 saturated carbocycles. The Morgan fingerprint density at radius 2 is 2.00 bits per heavy atom. The van der Waals surface area contributed by atoms with Gasteiger partial charge in [-0.15, -0.1) is 0 Å². The van der Waals surface area contributed by atoms with Gasteiger partial charge in [-0.3, -0.25) is 4.79 Å². The lowest BCUT2D eigenvalue weighted by atomic mass is 10.2. The number of carboxylic acid groups (broad SMARTS) is 1. The summed E-state index contributed by atoms with van der Waals surface area (Å²) in [6, 6.07) is 3.08. The smallest absolute Gasteiger partial charge is 0.416 e. The van der Waals surface area contributed by atoms with E-state index >= 15 is 0 Å². The van der Waals surface area contributed by atoms with Crippen molar-refractivity contribution in [3.8, 4) is 0 Å². The zero-order valence-electron chi connectivity index (χ0n) is 9.93. The van der Waals surface area contributed by atoms with Crippen molar-refractivity contribution < 1.29 is 23.1 Å². The van der Waals surface area contributed by atoms with Crippen molar-refractivity contribution in [3.63, 3.8) is 0 Å². The Bertz CT molecular complexity index is 449. The summed E-state index contributed by atoms with van der Waals surface area (Å²) in [7, 11) is 0. The maximum Gasteiger partial charge on any atom is 0.416 e. The standard InChI is InChI=1S/C12H13ClF3NO2/c13-9-7-8(12(14,15)16)4-5-10(9)17-6-2-1-3-11(18)19/h4-5,7,17H,1-3,6H2,(H,18,19). The van der Waals surface area contributed by atoms with Crippen LogP contribution in [0, 0.1) is 0 Å². The van der Waals surface area contributed by atoms with Crippen molar-refractivity contribution in [2.24, 2.45) is 0 Å². The molecule has 0 heterocycles. The minimum atomic E-state index is -4.41. The fourth-order valence-electron chi connectivity index (χ4n) is 1.46. The summed E-state index contributed by atoms with van der Waals surface area (Å²) in [5.74, 6) is -0.868. The molecule has 0 aliphatic rings. The second-order valence-corrected chi connectivity index (χ2v) is 4.38. The number of hydrogen-bond donors (Lipinski definition) is 2. The van der Waals surface area contributed by atoms with Crippen LogP contribution in [0.25, 0.3) is 0 Å². The number of anilines is 1. The minimum Gasteiger partial charge on any atom is -0.481 e. The monoisotopic (exact) mass is 295 g/mol. The van der Waals surface area contributed by atoms with E-state index in [2.05, 4.69) is 5.32 Å². The van der Waals surface area contributed by atoms with E-state index in [0.717, 1.165) is 12.1 Å². The maximum atomic E-state index is 12.4. The van der Waals surface area contributed by atoms with E-state index in [-0.39, 0.29) is 11.4 Å². The molecule has 1 rings (SSSR count). The summed E-state index contributed by atoms with van der Waals surface area (Å²) >= 11 is 5.74. The Labute approximate surface area is 113 Å². The molecule has 0 unspecified atom stereocenters. The molecule has 0 aliphatic carbocycles. The summed E-state index contributed by atoms with van der Waals surface area (Å²) in [5, 5.41) is 11.3. The van der Waals surface area contributed by atoms with Gasteiger partial charge in [0.1, 0.15) is 0 Å². The number of carbonyl (C=O) groups is 1. The number of halogens is 4. The molecule has 2 N–H and O–H groups in total. The van der Waals surface area contributed by atoms with Crippen LogP contribution in [0.3, 0.4) is 0 Å². The summed E-state index contributed by atoms with van der Waals surface area (Å²) in [6.07, 6.45) is -3.24. The molecular formula is C12H13ClF3NO2. The molecule has 0 radical (unpaired) electrons. The molecule has 0 fully saturated rings. The quantitative estimate of drug-likeness (QED) is 0.779. The summed E-state index contributed by atoms with van der Waals surface area (Å²) in [4.78, 5) is 10.3. The van der Waals surface area contributed by atoms with E-state index in [1.54, 1.807) is 0 Å². The first-order valence-electron chi connectivity index (χ1n) is 5.63. The minimum absolute atomic E-state index is 0.00643. The number of nitrogens with one attached hydrogen (secondary N) is 1. The Morgan fingerprint density at radius 3 is 2.53 bits per heavy atom. The molecule has 0 atom stereocenters. The third kappa shape index (κ3) is 5.38. The van der Waals surface area contributed by atoms with Gasteiger partial charge in [0, 0.05) is 13.0 Å². The van der Waals surface area contributed by atoms with Crippen molar-refractivity contribution in [1.82, 2.24) is 0 Å². The molecule has 19 heavy (non-hydrogen) atoms. The molecule has 3 nitrogen and oxygen atoms in total. The molecule has 7 heteroatoms. The van der Waals surface area contributed by atoms with Crippen LogP contribution in [0.2, 0.25) is 5.02 Å². The van der Waals surface area contributed by atoms with Crippen LogP contribution in [0.4, 0.5) is 18.9 Å². The van der Waals surface area contributed by atoms with Crippen molar-refractivity contribution >= 4 is 23.3 Å². The van der Waals surface area contributed by atoms with Crippen LogP contribution >= 0.6 is 11.6 Å². The first-order chi connectivity index (χ1) is 8.80. The molecule has 0 spiro atoms. The molecule has 0 aromatic heterocycles. The average Bonchev–Trinajstić information content (AvgIpc) is 2.28.